The lowest BCUT2D eigenvalue weighted by Crippen LogP contribution is -2.42. The number of fused-ring (bicyclic) bond motifs is 10. The van der Waals surface area contributed by atoms with E-state index in [1.807, 2.05) is 12.2 Å². The van der Waals surface area contributed by atoms with Gasteiger partial charge in [0.05, 0.1) is 16.3 Å². The molecule has 2 heterocycles. The second-order valence-corrected chi connectivity index (χ2v) is 18.2. The Bertz CT molecular complexity index is 3400. The highest BCUT2D eigenvalue weighted by molar-refractivity contribution is 6.14. The summed E-state index contributed by atoms with van der Waals surface area (Å²) in [7, 11) is 0. The number of hydrogen-bond acceptors (Lipinski definition) is 0. The van der Waals surface area contributed by atoms with Crippen molar-refractivity contribution in [3.8, 4) is 33.4 Å². The van der Waals surface area contributed by atoms with Crippen molar-refractivity contribution in [3.63, 3.8) is 0 Å². The third-order valence-corrected chi connectivity index (χ3v) is 15.2. The lowest BCUT2D eigenvalue weighted by atomic mass is 9.56. The second kappa shape index (κ2) is 13.5. The minimum absolute atomic E-state index is 0.0352. The molecule has 2 N–H and O–H groups in total. The van der Waals surface area contributed by atoms with E-state index in [1.165, 1.54) is 83.1 Å². The van der Waals surface area contributed by atoms with E-state index in [2.05, 4.69) is 220 Å². The molecule has 0 aliphatic heterocycles. The van der Waals surface area contributed by atoms with Crippen molar-refractivity contribution in [3.05, 3.63) is 239 Å². The number of hydrogen-bond donors (Lipinski definition) is 2. The van der Waals surface area contributed by atoms with E-state index in [9.17, 15) is 0 Å². The summed E-state index contributed by atoms with van der Waals surface area (Å²) >= 11 is 0. The van der Waals surface area contributed by atoms with Crippen molar-refractivity contribution < 1.29 is 0 Å². The standard InChI is InChI=1S/C61H48N2/c1-6-42-48-36-57-49(37-56(48)62-55(42)7-2)47-22-17-27-54(58(47)63-57)60(50-23-13-9-18-43(50)44-19-10-14-24-51(44)60)40-32-28-38(29-33-40)39-30-34-41(35-31-39)61(59(4,5)8-3)52-25-15-11-20-45(52)46-21-12-16-26-53(46)61/h6-7,9-37,62-63H,1-2,8H2,3-5H3. The smallest absolute Gasteiger partial charge is 0.0733 e. The molecular weight excluding hydrogens is 761 g/mol. The van der Waals surface area contributed by atoms with Crippen LogP contribution in [0, 0.1) is 5.41 Å². The molecule has 0 atom stereocenters. The van der Waals surface area contributed by atoms with Crippen LogP contribution in [-0.4, -0.2) is 9.97 Å². The Morgan fingerprint density at radius 1 is 0.476 bits per heavy atom. The zero-order valence-corrected chi connectivity index (χ0v) is 36.0. The predicted molar refractivity (Wildman–Crippen MR) is 266 cm³/mol. The number of benzene rings is 8. The van der Waals surface area contributed by atoms with Crippen LogP contribution >= 0.6 is 0 Å². The first-order valence-corrected chi connectivity index (χ1v) is 22.3. The topological polar surface area (TPSA) is 31.6 Å². The molecule has 0 radical (unpaired) electrons. The Hall–Kier alpha value is -7.42. The molecule has 2 heteroatoms. The monoisotopic (exact) mass is 808 g/mol. The van der Waals surface area contributed by atoms with Crippen LogP contribution in [0.1, 0.15) is 77.4 Å². The Balaban J connectivity index is 1.03. The molecule has 302 valence electrons. The number of aromatic nitrogens is 2. The minimum atomic E-state index is -0.569. The molecule has 10 aromatic rings. The van der Waals surface area contributed by atoms with Crippen molar-refractivity contribution in [1.82, 2.24) is 9.97 Å². The van der Waals surface area contributed by atoms with Crippen LogP contribution in [0.2, 0.25) is 0 Å². The third kappa shape index (κ3) is 4.84. The number of rotatable bonds is 8. The highest BCUT2D eigenvalue weighted by atomic mass is 14.7. The van der Waals surface area contributed by atoms with E-state index in [0.717, 1.165) is 39.6 Å². The predicted octanol–water partition coefficient (Wildman–Crippen LogP) is 15.9. The molecule has 0 unspecified atom stereocenters. The first-order valence-electron chi connectivity index (χ1n) is 22.3. The summed E-state index contributed by atoms with van der Waals surface area (Å²) < 4.78 is 0. The molecule has 0 saturated carbocycles. The summed E-state index contributed by atoms with van der Waals surface area (Å²) in [6.07, 6.45) is 4.84. The van der Waals surface area contributed by atoms with Gasteiger partial charge in [0.25, 0.3) is 0 Å². The maximum atomic E-state index is 4.13. The highest BCUT2D eigenvalue weighted by Crippen LogP contribution is 2.62. The summed E-state index contributed by atoms with van der Waals surface area (Å²) in [6.45, 7) is 15.4. The number of aromatic amines is 2. The van der Waals surface area contributed by atoms with Gasteiger partial charge in [-0.25, -0.2) is 0 Å². The molecule has 2 aromatic heterocycles. The molecule has 0 fully saturated rings. The fraction of sp³-hybridized carbons (Fsp3) is 0.115. The van der Waals surface area contributed by atoms with Crippen LogP contribution in [0.3, 0.4) is 0 Å². The molecule has 12 rings (SSSR count). The maximum absolute atomic E-state index is 4.13. The van der Waals surface area contributed by atoms with Gasteiger partial charge in [0.15, 0.2) is 0 Å². The molecule has 8 aromatic carbocycles. The van der Waals surface area contributed by atoms with Gasteiger partial charge in [-0.15, -0.1) is 0 Å². The molecule has 0 amide bonds. The molecule has 2 aliphatic carbocycles. The van der Waals surface area contributed by atoms with Gasteiger partial charge >= 0.3 is 0 Å². The van der Waals surface area contributed by atoms with Gasteiger partial charge in [-0.05, 0) is 102 Å². The van der Waals surface area contributed by atoms with Gasteiger partial charge in [0.2, 0.25) is 0 Å². The summed E-state index contributed by atoms with van der Waals surface area (Å²) in [4.78, 5) is 7.56. The zero-order valence-electron chi connectivity index (χ0n) is 36.0. The van der Waals surface area contributed by atoms with Crippen molar-refractivity contribution in [1.29, 1.82) is 0 Å². The van der Waals surface area contributed by atoms with Gasteiger partial charge in [-0.3, -0.25) is 0 Å². The van der Waals surface area contributed by atoms with E-state index in [0.29, 0.717) is 0 Å². The van der Waals surface area contributed by atoms with Crippen LogP contribution < -0.4 is 0 Å². The highest BCUT2D eigenvalue weighted by Gasteiger charge is 2.53. The van der Waals surface area contributed by atoms with E-state index in [4.69, 9.17) is 0 Å². The molecule has 63 heavy (non-hydrogen) atoms. The van der Waals surface area contributed by atoms with Crippen LogP contribution in [0.25, 0.3) is 78.2 Å². The van der Waals surface area contributed by atoms with Crippen molar-refractivity contribution in [2.24, 2.45) is 5.41 Å². The van der Waals surface area contributed by atoms with E-state index in [1.54, 1.807) is 0 Å². The van der Waals surface area contributed by atoms with Crippen LogP contribution in [-0.2, 0) is 10.8 Å². The largest absolute Gasteiger partial charge is 0.355 e. The Morgan fingerprint density at radius 2 is 0.952 bits per heavy atom. The summed E-state index contributed by atoms with van der Waals surface area (Å²) in [5, 5.41) is 3.53. The average molecular weight is 809 g/mol. The van der Waals surface area contributed by atoms with Gasteiger partial charge < -0.3 is 9.97 Å². The first-order chi connectivity index (χ1) is 30.8. The molecule has 2 nitrogen and oxygen atoms in total. The van der Waals surface area contributed by atoms with Gasteiger partial charge in [-0.2, -0.15) is 0 Å². The SMILES string of the molecule is C=Cc1[nH]c2cc3c(cc2c1C=C)[nH]c1c(C2(c4ccc(-c5ccc(C6(C(C)(C)CC)c7ccccc7-c7ccccc76)cc5)cc4)c4ccccc4-c4ccccc42)cccc13. The van der Waals surface area contributed by atoms with Crippen molar-refractivity contribution in [2.75, 3.05) is 0 Å². The van der Waals surface area contributed by atoms with E-state index >= 15 is 0 Å². The van der Waals surface area contributed by atoms with Gasteiger partial charge in [-0.1, -0.05) is 204 Å². The summed E-state index contributed by atoms with van der Waals surface area (Å²) in [5.74, 6) is 0. The van der Waals surface area contributed by atoms with Gasteiger partial charge in [0, 0.05) is 38.4 Å². The van der Waals surface area contributed by atoms with Crippen LogP contribution in [0.5, 0.6) is 0 Å². The van der Waals surface area contributed by atoms with E-state index < -0.39 is 5.41 Å². The van der Waals surface area contributed by atoms with Crippen LogP contribution in [0.15, 0.2) is 189 Å². The Kier molecular flexibility index (Phi) is 8.03. The average Bonchev–Trinajstić information content (AvgIpc) is 4.06. The normalized spacial score (nSPS) is 14.4. The molecular formula is C61H48N2. The quantitative estimate of drug-likeness (QED) is 0.153. The lowest BCUT2D eigenvalue weighted by molar-refractivity contribution is 0.235. The van der Waals surface area contributed by atoms with Crippen molar-refractivity contribution in [2.45, 2.75) is 38.0 Å². The zero-order chi connectivity index (χ0) is 42.7. The summed E-state index contributed by atoms with van der Waals surface area (Å²) in [5.41, 5.74) is 21.4. The lowest BCUT2D eigenvalue weighted by Gasteiger charge is -2.46. The fourth-order valence-corrected chi connectivity index (χ4v) is 12.1. The number of para-hydroxylation sites is 1. The van der Waals surface area contributed by atoms with Crippen LogP contribution in [0.4, 0.5) is 0 Å². The maximum Gasteiger partial charge on any atom is 0.0733 e. The fourth-order valence-electron chi connectivity index (χ4n) is 12.1. The first kappa shape index (κ1) is 37.4. The third-order valence-electron chi connectivity index (χ3n) is 15.2. The second-order valence-electron chi connectivity index (χ2n) is 18.2. The Morgan fingerprint density at radius 3 is 1.49 bits per heavy atom. The molecule has 0 spiro atoms. The molecule has 0 bridgehead atoms. The molecule has 0 saturated heterocycles. The van der Waals surface area contributed by atoms with E-state index in [-0.39, 0.29) is 10.8 Å². The number of H-pyrrole nitrogens is 2. The van der Waals surface area contributed by atoms with Crippen molar-refractivity contribution >= 4 is 44.9 Å². The Labute approximate surface area is 369 Å². The summed E-state index contributed by atoms with van der Waals surface area (Å²) in [6, 6.07) is 66.5. The number of nitrogens with one attached hydrogen (secondary N) is 2. The molecule has 2 aliphatic rings. The minimum Gasteiger partial charge on any atom is -0.355 e. The van der Waals surface area contributed by atoms with Gasteiger partial charge in [0.1, 0.15) is 0 Å².